The summed E-state index contributed by atoms with van der Waals surface area (Å²) in [6.07, 6.45) is 1.78. The third kappa shape index (κ3) is 3.97. The predicted octanol–water partition coefficient (Wildman–Crippen LogP) is 3.67. The van der Waals surface area contributed by atoms with Gasteiger partial charge in [-0.3, -0.25) is 9.69 Å². The summed E-state index contributed by atoms with van der Waals surface area (Å²) >= 11 is 0. The number of ether oxygens (including phenoxy) is 2. The van der Waals surface area contributed by atoms with E-state index in [1.165, 1.54) is 11.1 Å². The van der Waals surface area contributed by atoms with Crippen molar-refractivity contribution < 1.29 is 14.3 Å². The second-order valence-corrected chi connectivity index (χ2v) is 6.85. The Balaban J connectivity index is 2.00. The molecule has 1 fully saturated rings. The standard InChI is InChI=1S/C22H27NO3/c1-16-5-4-6-17(2)21(16)20-14-18(15-24)13-19(22(20)25-3)7-8-23-9-11-26-12-10-23/h4-6,13-15H,7-12H2,1-3H3. The molecule has 3 rings (SSSR count). The van der Waals surface area contributed by atoms with Crippen molar-refractivity contribution in [1.29, 1.82) is 0 Å². The van der Waals surface area contributed by atoms with Crippen molar-refractivity contribution in [3.8, 4) is 16.9 Å². The zero-order valence-corrected chi connectivity index (χ0v) is 15.9. The third-order valence-corrected chi connectivity index (χ3v) is 5.08. The number of carbonyl (C=O) groups excluding carboxylic acids is 1. The third-order valence-electron chi connectivity index (χ3n) is 5.08. The second-order valence-electron chi connectivity index (χ2n) is 6.85. The lowest BCUT2D eigenvalue weighted by Gasteiger charge is -2.27. The van der Waals surface area contributed by atoms with E-state index in [1.807, 2.05) is 12.1 Å². The molecular formula is C22H27NO3. The Morgan fingerprint density at radius 1 is 1.15 bits per heavy atom. The molecule has 1 saturated heterocycles. The van der Waals surface area contributed by atoms with Crippen LogP contribution in [-0.2, 0) is 11.2 Å². The molecule has 0 N–H and O–H groups in total. The molecule has 0 amide bonds. The Morgan fingerprint density at radius 2 is 1.85 bits per heavy atom. The zero-order chi connectivity index (χ0) is 18.5. The molecule has 26 heavy (non-hydrogen) atoms. The zero-order valence-electron chi connectivity index (χ0n) is 15.9. The number of morpholine rings is 1. The molecule has 0 saturated carbocycles. The Kier molecular flexibility index (Phi) is 6.07. The van der Waals surface area contributed by atoms with Crippen molar-refractivity contribution in [2.45, 2.75) is 20.3 Å². The maximum absolute atomic E-state index is 11.5. The molecular weight excluding hydrogens is 326 g/mol. The predicted molar refractivity (Wildman–Crippen MR) is 104 cm³/mol. The first-order valence-corrected chi connectivity index (χ1v) is 9.17. The van der Waals surface area contributed by atoms with E-state index in [2.05, 4.69) is 36.9 Å². The van der Waals surface area contributed by atoms with Crippen LogP contribution in [0.2, 0.25) is 0 Å². The van der Waals surface area contributed by atoms with E-state index < -0.39 is 0 Å². The van der Waals surface area contributed by atoms with Crippen LogP contribution in [0.15, 0.2) is 30.3 Å². The highest BCUT2D eigenvalue weighted by atomic mass is 16.5. The normalized spacial score (nSPS) is 15.0. The Hall–Kier alpha value is -2.17. The van der Waals surface area contributed by atoms with Gasteiger partial charge in [-0.25, -0.2) is 0 Å². The minimum absolute atomic E-state index is 0.695. The molecule has 1 heterocycles. The quantitative estimate of drug-likeness (QED) is 0.743. The fourth-order valence-corrected chi connectivity index (χ4v) is 3.74. The number of rotatable bonds is 6. The fraction of sp³-hybridized carbons (Fsp3) is 0.409. The molecule has 0 aliphatic carbocycles. The number of nitrogens with zero attached hydrogens (tertiary/aromatic N) is 1. The van der Waals surface area contributed by atoms with E-state index in [9.17, 15) is 4.79 Å². The fourth-order valence-electron chi connectivity index (χ4n) is 3.74. The van der Waals surface area contributed by atoms with Gasteiger partial charge in [0.2, 0.25) is 0 Å². The molecule has 0 atom stereocenters. The highest BCUT2D eigenvalue weighted by Crippen LogP contribution is 2.38. The maximum Gasteiger partial charge on any atom is 0.150 e. The van der Waals surface area contributed by atoms with Crippen molar-refractivity contribution in [2.24, 2.45) is 0 Å². The lowest BCUT2D eigenvalue weighted by atomic mass is 9.91. The summed E-state index contributed by atoms with van der Waals surface area (Å²) in [6.45, 7) is 8.64. The molecule has 138 valence electrons. The van der Waals surface area contributed by atoms with E-state index in [1.54, 1.807) is 7.11 Å². The molecule has 0 aromatic heterocycles. The molecule has 1 aliphatic rings. The van der Waals surface area contributed by atoms with Gasteiger partial charge in [-0.2, -0.15) is 0 Å². The van der Waals surface area contributed by atoms with Crippen LogP contribution in [0.25, 0.3) is 11.1 Å². The number of hydrogen-bond acceptors (Lipinski definition) is 4. The van der Waals surface area contributed by atoms with Crippen LogP contribution in [0.4, 0.5) is 0 Å². The summed E-state index contributed by atoms with van der Waals surface area (Å²) in [4.78, 5) is 13.9. The van der Waals surface area contributed by atoms with Crippen molar-refractivity contribution >= 4 is 6.29 Å². The number of aldehydes is 1. The second kappa shape index (κ2) is 8.47. The summed E-state index contributed by atoms with van der Waals surface area (Å²) in [6, 6.07) is 10.2. The van der Waals surface area contributed by atoms with Crippen molar-refractivity contribution in [2.75, 3.05) is 40.0 Å². The van der Waals surface area contributed by atoms with E-state index in [4.69, 9.17) is 9.47 Å². The SMILES string of the molecule is COc1c(CCN2CCOCC2)cc(C=O)cc1-c1c(C)cccc1C. The lowest BCUT2D eigenvalue weighted by molar-refractivity contribution is 0.0384. The molecule has 0 spiro atoms. The number of benzene rings is 2. The molecule has 4 heteroatoms. The van der Waals surface area contributed by atoms with E-state index >= 15 is 0 Å². The van der Waals surface area contributed by atoms with Gasteiger partial charge in [-0.15, -0.1) is 0 Å². The summed E-state index contributed by atoms with van der Waals surface area (Å²) in [5.74, 6) is 0.876. The molecule has 1 aliphatic heterocycles. The first kappa shape index (κ1) is 18.6. The summed E-state index contributed by atoms with van der Waals surface area (Å²) in [7, 11) is 1.71. The van der Waals surface area contributed by atoms with Gasteiger partial charge in [0.25, 0.3) is 0 Å². The summed E-state index contributed by atoms with van der Waals surface area (Å²) < 4.78 is 11.2. The van der Waals surface area contributed by atoms with E-state index in [-0.39, 0.29) is 0 Å². The van der Waals surface area contributed by atoms with Crippen LogP contribution in [0.3, 0.4) is 0 Å². The van der Waals surface area contributed by atoms with Crippen LogP contribution in [0.5, 0.6) is 5.75 Å². The molecule has 0 bridgehead atoms. The minimum Gasteiger partial charge on any atom is -0.496 e. The molecule has 4 nitrogen and oxygen atoms in total. The average Bonchev–Trinajstić information content (AvgIpc) is 2.66. The molecule has 2 aromatic carbocycles. The largest absolute Gasteiger partial charge is 0.496 e. The Labute approximate surface area is 155 Å². The van der Waals surface area contributed by atoms with Gasteiger partial charge >= 0.3 is 0 Å². The Bertz CT molecular complexity index is 759. The highest BCUT2D eigenvalue weighted by molar-refractivity contribution is 5.85. The number of aryl methyl sites for hydroxylation is 2. The van der Waals surface area contributed by atoms with Crippen LogP contribution in [0.1, 0.15) is 27.0 Å². The Morgan fingerprint density at radius 3 is 2.46 bits per heavy atom. The van der Waals surface area contributed by atoms with Crippen LogP contribution in [-0.4, -0.2) is 51.1 Å². The smallest absolute Gasteiger partial charge is 0.150 e. The van der Waals surface area contributed by atoms with Crippen molar-refractivity contribution in [1.82, 2.24) is 4.90 Å². The van der Waals surface area contributed by atoms with Crippen LogP contribution in [0, 0.1) is 13.8 Å². The van der Waals surface area contributed by atoms with Gasteiger partial charge in [-0.1, -0.05) is 18.2 Å². The van der Waals surface area contributed by atoms with Crippen LogP contribution < -0.4 is 4.74 Å². The van der Waals surface area contributed by atoms with Crippen molar-refractivity contribution in [3.63, 3.8) is 0 Å². The van der Waals surface area contributed by atoms with E-state index in [0.29, 0.717) is 5.56 Å². The van der Waals surface area contributed by atoms with Crippen molar-refractivity contribution in [3.05, 3.63) is 52.6 Å². The average molecular weight is 353 g/mol. The highest BCUT2D eigenvalue weighted by Gasteiger charge is 2.18. The monoisotopic (exact) mass is 353 g/mol. The van der Waals surface area contributed by atoms with Gasteiger partial charge in [0.05, 0.1) is 20.3 Å². The molecule has 0 unspecified atom stereocenters. The molecule has 0 radical (unpaired) electrons. The minimum atomic E-state index is 0.695. The lowest BCUT2D eigenvalue weighted by Crippen LogP contribution is -2.37. The van der Waals surface area contributed by atoms with Gasteiger partial charge in [0, 0.05) is 30.8 Å². The topological polar surface area (TPSA) is 38.8 Å². The van der Waals surface area contributed by atoms with Gasteiger partial charge in [0.1, 0.15) is 12.0 Å². The number of methoxy groups -OCH3 is 1. The van der Waals surface area contributed by atoms with Gasteiger partial charge in [-0.05, 0) is 54.7 Å². The molecule has 2 aromatic rings. The summed E-state index contributed by atoms with van der Waals surface area (Å²) in [5.41, 5.74) is 6.31. The summed E-state index contributed by atoms with van der Waals surface area (Å²) in [5, 5.41) is 0. The first-order chi connectivity index (χ1) is 12.6. The van der Waals surface area contributed by atoms with Gasteiger partial charge < -0.3 is 9.47 Å². The number of carbonyl (C=O) groups is 1. The first-order valence-electron chi connectivity index (χ1n) is 9.17. The van der Waals surface area contributed by atoms with Crippen LogP contribution >= 0.6 is 0 Å². The van der Waals surface area contributed by atoms with Gasteiger partial charge in [0.15, 0.2) is 0 Å². The van der Waals surface area contributed by atoms with E-state index in [0.717, 1.165) is 68.0 Å². The maximum atomic E-state index is 11.5. The number of hydrogen-bond donors (Lipinski definition) is 0.